The van der Waals surface area contributed by atoms with Crippen LogP contribution in [0.5, 0.6) is 5.75 Å². The van der Waals surface area contributed by atoms with Gasteiger partial charge in [-0.2, -0.15) is 0 Å². The Balaban J connectivity index is 3.12. The Morgan fingerprint density at radius 2 is 2.06 bits per heavy atom. The first kappa shape index (κ1) is 13.4. The Hall–Kier alpha value is -2.70. The van der Waals surface area contributed by atoms with Gasteiger partial charge in [-0.05, 0) is 18.2 Å². The molecule has 0 aliphatic rings. The standard InChI is InChI=1S/C11H9NO6/c1-18-10-4-2-7(6-8(10)12(16)17)9(13)3-5-11(14)15/h2-6H,1H3,(H,14,15). The van der Waals surface area contributed by atoms with Gasteiger partial charge in [-0.1, -0.05) is 0 Å². The lowest BCUT2D eigenvalue weighted by atomic mass is 10.1. The first-order valence-electron chi connectivity index (χ1n) is 4.73. The van der Waals surface area contributed by atoms with Gasteiger partial charge in [-0.15, -0.1) is 0 Å². The van der Waals surface area contributed by atoms with Crippen LogP contribution < -0.4 is 4.74 Å². The Morgan fingerprint density at radius 3 is 2.56 bits per heavy atom. The fourth-order valence-electron chi connectivity index (χ4n) is 1.23. The van der Waals surface area contributed by atoms with E-state index in [4.69, 9.17) is 9.84 Å². The van der Waals surface area contributed by atoms with Gasteiger partial charge in [-0.25, -0.2) is 4.79 Å². The van der Waals surface area contributed by atoms with Crippen molar-refractivity contribution in [2.75, 3.05) is 7.11 Å². The second kappa shape index (κ2) is 5.58. The summed E-state index contributed by atoms with van der Waals surface area (Å²) in [5.41, 5.74) is -0.341. The molecule has 18 heavy (non-hydrogen) atoms. The third kappa shape index (κ3) is 3.14. The summed E-state index contributed by atoms with van der Waals surface area (Å²) in [6.45, 7) is 0. The van der Waals surface area contributed by atoms with Gasteiger partial charge in [0.1, 0.15) is 0 Å². The molecular weight excluding hydrogens is 242 g/mol. The second-order valence-corrected chi connectivity index (χ2v) is 3.18. The minimum atomic E-state index is -1.27. The zero-order chi connectivity index (χ0) is 13.7. The molecule has 0 aliphatic heterocycles. The van der Waals surface area contributed by atoms with Crippen molar-refractivity contribution in [1.29, 1.82) is 0 Å². The van der Waals surface area contributed by atoms with E-state index in [1.54, 1.807) is 0 Å². The lowest BCUT2D eigenvalue weighted by Crippen LogP contribution is -2.00. The summed E-state index contributed by atoms with van der Waals surface area (Å²) in [6, 6.07) is 3.63. The quantitative estimate of drug-likeness (QED) is 0.367. The molecule has 0 spiro atoms. The van der Waals surface area contributed by atoms with Gasteiger partial charge in [0.2, 0.25) is 0 Å². The number of benzene rings is 1. The summed E-state index contributed by atoms with van der Waals surface area (Å²) >= 11 is 0. The van der Waals surface area contributed by atoms with Crippen molar-refractivity contribution < 1.29 is 24.4 Å². The van der Waals surface area contributed by atoms with Crippen LogP contribution in [0.1, 0.15) is 10.4 Å². The van der Waals surface area contributed by atoms with Gasteiger partial charge in [-0.3, -0.25) is 14.9 Å². The van der Waals surface area contributed by atoms with Gasteiger partial charge in [0.15, 0.2) is 11.5 Å². The fraction of sp³-hybridized carbons (Fsp3) is 0.0909. The first-order valence-corrected chi connectivity index (χ1v) is 4.73. The van der Waals surface area contributed by atoms with Crippen LogP contribution in [-0.4, -0.2) is 28.9 Å². The lowest BCUT2D eigenvalue weighted by molar-refractivity contribution is -0.385. The number of ether oxygens (including phenoxy) is 1. The van der Waals surface area contributed by atoms with Crippen LogP contribution in [0.25, 0.3) is 0 Å². The third-order valence-corrected chi connectivity index (χ3v) is 2.04. The van der Waals surface area contributed by atoms with Crippen LogP contribution >= 0.6 is 0 Å². The molecule has 94 valence electrons. The topological polar surface area (TPSA) is 107 Å². The molecule has 1 aromatic rings. The number of carboxylic acids is 1. The predicted molar refractivity (Wildman–Crippen MR) is 60.8 cm³/mol. The Labute approximate surface area is 101 Å². The van der Waals surface area contributed by atoms with E-state index < -0.39 is 16.7 Å². The van der Waals surface area contributed by atoms with E-state index in [0.717, 1.165) is 12.1 Å². The van der Waals surface area contributed by atoms with Crippen molar-refractivity contribution in [2.24, 2.45) is 0 Å². The average molecular weight is 251 g/mol. The second-order valence-electron chi connectivity index (χ2n) is 3.18. The number of methoxy groups -OCH3 is 1. The SMILES string of the molecule is COc1ccc(C(=O)C=CC(=O)O)cc1[N+](=O)[O-]. The van der Waals surface area contributed by atoms with Crippen LogP contribution in [0, 0.1) is 10.1 Å². The summed E-state index contributed by atoms with van der Waals surface area (Å²) in [5.74, 6) is -1.88. The summed E-state index contributed by atoms with van der Waals surface area (Å²) in [5, 5.41) is 19.1. The molecule has 7 nitrogen and oxygen atoms in total. The van der Waals surface area contributed by atoms with E-state index in [2.05, 4.69) is 0 Å². The van der Waals surface area contributed by atoms with Crippen molar-refractivity contribution >= 4 is 17.4 Å². The van der Waals surface area contributed by atoms with Crippen molar-refractivity contribution in [1.82, 2.24) is 0 Å². The van der Waals surface area contributed by atoms with E-state index in [9.17, 15) is 19.7 Å². The molecule has 0 fully saturated rings. The minimum Gasteiger partial charge on any atom is -0.490 e. The number of hydrogen-bond acceptors (Lipinski definition) is 5. The number of aliphatic carboxylic acids is 1. The number of ketones is 1. The molecule has 0 aliphatic carbocycles. The van der Waals surface area contributed by atoms with Gasteiger partial charge >= 0.3 is 11.7 Å². The molecule has 0 amide bonds. The normalized spacial score (nSPS) is 10.3. The van der Waals surface area contributed by atoms with Crippen molar-refractivity contribution in [3.63, 3.8) is 0 Å². The van der Waals surface area contributed by atoms with E-state index in [1.807, 2.05) is 0 Å². The summed E-state index contributed by atoms with van der Waals surface area (Å²) in [4.78, 5) is 31.8. The van der Waals surface area contributed by atoms with E-state index in [0.29, 0.717) is 6.08 Å². The molecule has 0 aromatic heterocycles. The number of nitrogens with zero attached hydrogens (tertiary/aromatic N) is 1. The molecule has 0 radical (unpaired) electrons. The molecule has 1 rings (SSSR count). The summed E-state index contributed by atoms with van der Waals surface area (Å²) < 4.78 is 4.77. The van der Waals surface area contributed by atoms with Crippen molar-refractivity contribution in [2.45, 2.75) is 0 Å². The molecule has 0 saturated carbocycles. The molecule has 0 unspecified atom stereocenters. The molecule has 0 atom stereocenters. The zero-order valence-electron chi connectivity index (χ0n) is 9.32. The number of allylic oxidation sites excluding steroid dienone is 1. The molecule has 1 aromatic carbocycles. The van der Waals surface area contributed by atoms with Gasteiger partial charge < -0.3 is 9.84 Å². The predicted octanol–water partition coefficient (Wildman–Crippen LogP) is 1.43. The summed E-state index contributed by atoms with van der Waals surface area (Å²) in [6.07, 6.45) is 1.49. The maximum atomic E-state index is 11.5. The monoisotopic (exact) mass is 251 g/mol. The number of nitro benzene ring substituents is 1. The van der Waals surface area contributed by atoms with Gasteiger partial charge in [0, 0.05) is 17.7 Å². The third-order valence-electron chi connectivity index (χ3n) is 2.04. The fourth-order valence-corrected chi connectivity index (χ4v) is 1.23. The van der Waals surface area contributed by atoms with E-state index in [-0.39, 0.29) is 17.0 Å². The van der Waals surface area contributed by atoms with Crippen LogP contribution in [0.4, 0.5) is 5.69 Å². The zero-order valence-corrected chi connectivity index (χ0v) is 9.32. The molecule has 7 heteroatoms. The molecule has 0 bridgehead atoms. The highest BCUT2D eigenvalue weighted by atomic mass is 16.6. The highest BCUT2D eigenvalue weighted by Gasteiger charge is 2.17. The number of carboxylic acid groups (broad SMARTS) is 1. The largest absolute Gasteiger partial charge is 0.490 e. The Morgan fingerprint density at radius 1 is 1.39 bits per heavy atom. The Bertz CT molecular complexity index is 534. The first-order chi connectivity index (χ1) is 8.45. The van der Waals surface area contributed by atoms with Crippen LogP contribution in [-0.2, 0) is 4.79 Å². The highest BCUT2D eigenvalue weighted by molar-refractivity contribution is 6.07. The average Bonchev–Trinajstić information content (AvgIpc) is 2.34. The maximum absolute atomic E-state index is 11.5. The van der Waals surface area contributed by atoms with Crippen LogP contribution in [0.3, 0.4) is 0 Å². The number of carbonyl (C=O) groups is 2. The number of carbonyl (C=O) groups excluding carboxylic acids is 1. The number of hydrogen-bond donors (Lipinski definition) is 1. The summed E-state index contributed by atoms with van der Waals surface area (Å²) in [7, 11) is 1.27. The van der Waals surface area contributed by atoms with Gasteiger partial charge in [0.25, 0.3) is 0 Å². The number of rotatable bonds is 5. The van der Waals surface area contributed by atoms with Crippen LogP contribution in [0.2, 0.25) is 0 Å². The lowest BCUT2D eigenvalue weighted by Gasteiger charge is -2.02. The molecule has 1 N–H and O–H groups in total. The molecular formula is C11H9NO6. The number of nitro groups is 1. The van der Waals surface area contributed by atoms with Crippen LogP contribution in [0.15, 0.2) is 30.4 Å². The van der Waals surface area contributed by atoms with E-state index >= 15 is 0 Å². The van der Waals surface area contributed by atoms with Crippen molar-refractivity contribution in [3.05, 3.63) is 46.0 Å². The highest BCUT2D eigenvalue weighted by Crippen LogP contribution is 2.27. The smallest absolute Gasteiger partial charge is 0.328 e. The van der Waals surface area contributed by atoms with Crippen molar-refractivity contribution in [3.8, 4) is 5.75 Å². The minimum absolute atomic E-state index is 0.0139. The van der Waals surface area contributed by atoms with Gasteiger partial charge in [0.05, 0.1) is 12.0 Å². The van der Waals surface area contributed by atoms with E-state index in [1.165, 1.54) is 19.2 Å². The maximum Gasteiger partial charge on any atom is 0.328 e. The Kier molecular flexibility index (Phi) is 4.14. The molecule has 0 saturated heterocycles. The molecule has 0 heterocycles.